The summed E-state index contributed by atoms with van der Waals surface area (Å²) < 4.78 is 0. The lowest BCUT2D eigenvalue weighted by atomic mass is 9.56. The fourth-order valence-electron chi connectivity index (χ4n) is 3.19. The normalized spacial score (nSPS) is 43.1. The molecule has 3 aliphatic rings. The molecule has 0 aliphatic heterocycles. The first kappa shape index (κ1) is 8.98. The molecule has 0 amide bonds. The van der Waals surface area contributed by atoms with Gasteiger partial charge in [-0.15, -0.1) is 0 Å². The molecule has 3 atom stereocenters. The van der Waals surface area contributed by atoms with Crippen LogP contribution in [0, 0.1) is 17.3 Å². The van der Waals surface area contributed by atoms with E-state index in [9.17, 15) is 4.79 Å². The van der Waals surface area contributed by atoms with Crippen molar-refractivity contribution >= 4 is 6.29 Å². The third-order valence-electron chi connectivity index (χ3n) is 4.30. The van der Waals surface area contributed by atoms with E-state index in [1.807, 2.05) is 0 Å². The molecule has 0 unspecified atom stereocenters. The number of hydrogen-bond acceptors (Lipinski definition) is 1. The van der Waals surface area contributed by atoms with Crippen LogP contribution >= 0.6 is 0 Å². The van der Waals surface area contributed by atoms with E-state index >= 15 is 0 Å². The van der Waals surface area contributed by atoms with Crippen molar-refractivity contribution in [2.24, 2.45) is 17.3 Å². The Morgan fingerprint density at radius 2 is 2.46 bits per heavy atom. The quantitative estimate of drug-likeness (QED) is 0.594. The summed E-state index contributed by atoms with van der Waals surface area (Å²) in [6.07, 6.45) is 8.33. The van der Waals surface area contributed by atoms with Gasteiger partial charge in [-0.3, -0.25) is 4.79 Å². The Kier molecular flexibility index (Phi) is 2.05. The average molecular weight is 178 g/mol. The molecule has 2 bridgehead atoms. The van der Waals surface area contributed by atoms with E-state index in [0.29, 0.717) is 11.3 Å². The number of hydrogen-bond donors (Lipinski definition) is 0. The van der Waals surface area contributed by atoms with Crippen molar-refractivity contribution in [3.05, 3.63) is 11.6 Å². The van der Waals surface area contributed by atoms with Crippen molar-refractivity contribution in [1.82, 2.24) is 0 Å². The lowest BCUT2D eigenvalue weighted by molar-refractivity contribution is -0.106. The van der Waals surface area contributed by atoms with Crippen molar-refractivity contribution in [3.63, 3.8) is 0 Å². The monoisotopic (exact) mass is 178 g/mol. The van der Waals surface area contributed by atoms with Crippen LogP contribution in [0.1, 0.15) is 39.5 Å². The van der Waals surface area contributed by atoms with E-state index in [1.54, 1.807) is 0 Å². The molecule has 0 saturated heterocycles. The Balaban J connectivity index is 2.38. The highest BCUT2D eigenvalue weighted by Crippen LogP contribution is 2.53. The summed E-state index contributed by atoms with van der Waals surface area (Å²) in [6, 6.07) is 0. The van der Waals surface area contributed by atoms with Crippen molar-refractivity contribution in [2.45, 2.75) is 39.5 Å². The number of carbonyl (C=O) groups is 1. The van der Waals surface area contributed by atoms with Crippen molar-refractivity contribution in [3.8, 4) is 0 Å². The van der Waals surface area contributed by atoms with Gasteiger partial charge in [0.15, 0.2) is 0 Å². The first-order valence-corrected chi connectivity index (χ1v) is 5.40. The van der Waals surface area contributed by atoms with Gasteiger partial charge in [0.05, 0.1) is 0 Å². The van der Waals surface area contributed by atoms with Gasteiger partial charge in [-0.05, 0) is 48.5 Å². The molecule has 0 aromatic rings. The smallest absolute Gasteiger partial charge is 0.146 e. The predicted molar refractivity (Wildman–Crippen MR) is 53.4 cm³/mol. The molecule has 0 N–H and O–H groups in total. The Bertz CT molecular complexity index is 254. The van der Waals surface area contributed by atoms with E-state index < -0.39 is 0 Å². The van der Waals surface area contributed by atoms with Crippen molar-refractivity contribution < 1.29 is 4.79 Å². The lowest BCUT2D eigenvalue weighted by Crippen LogP contribution is -2.39. The standard InChI is InChI=1S/C12H18O/c1-3-12-5-4-10(6-9(12)2)11(7-12)8-13/h7-10H,3-6H2,1-2H3/t9-,10+,12+/m1/s1. The largest absolute Gasteiger partial charge is 0.298 e. The van der Waals surface area contributed by atoms with Gasteiger partial charge in [0.25, 0.3) is 0 Å². The highest BCUT2D eigenvalue weighted by Gasteiger charge is 2.43. The Hall–Kier alpha value is -0.590. The van der Waals surface area contributed by atoms with E-state index in [4.69, 9.17) is 0 Å². The van der Waals surface area contributed by atoms with Crippen LogP contribution in [0.5, 0.6) is 0 Å². The maximum atomic E-state index is 10.8. The van der Waals surface area contributed by atoms with E-state index in [1.165, 1.54) is 25.7 Å². The minimum Gasteiger partial charge on any atom is -0.298 e. The van der Waals surface area contributed by atoms with E-state index in [2.05, 4.69) is 19.9 Å². The molecule has 3 rings (SSSR count). The molecule has 0 aromatic heterocycles. The maximum absolute atomic E-state index is 10.8. The van der Waals surface area contributed by atoms with Gasteiger partial charge in [-0.25, -0.2) is 0 Å². The van der Waals surface area contributed by atoms with Crippen LogP contribution in [0.25, 0.3) is 0 Å². The molecule has 13 heavy (non-hydrogen) atoms. The van der Waals surface area contributed by atoms with Gasteiger partial charge in [-0.1, -0.05) is 19.9 Å². The van der Waals surface area contributed by atoms with Crippen LogP contribution in [0.4, 0.5) is 0 Å². The molecule has 1 nitrogen and oxygen atoms in total. The third-order valence-corrected chi connectivity index (χ3v) is 4.30. The van der Waals surface area contributed by atoms with Crippen molar-refractivity contribution in [1.29, 1.82) is 0 Å². The van der Waals surface area contributed by atoms with Crippen LogP contribution < -0.4 is 0 Å². The highest BCUT2D eigenvalue weighted by molar-refractivity contribution is 5.75. The molecule has 0 spiro atoms. The van der Waals surface area contributed by atoms with Gasteiger partial charge in [0.1, 0.15) is 6.29 Å². The number of fused-ring (bicyclic) bond motifs is 2. The van der Waals surface area contributed by atoms with Gasteiger partial charge in [-0.2, -0.15) is 0 Å². The van der Waals surface area contributed by atoms with Gasteiger partial charge in [0.2, 0.25) is 0 Å². The Morgan fingerprint density at radius 1 is 1.69 bits per heavy atom. The fraction of sp³-hybridized carbons (Fsp3) is 0.750. The minimum absolute atomic E-state index is 0.366. The fourth-order valence-corrected chi connectivity index (χ4v) is 3.19. The first-order valence-electron chi connectivity index (χ1n) is 5.40. The van der Waals surface area contributed by atoms with Crippen LogP contribution in [0.15, 0.2) is 11.6 Å². The maximum Gasteiger partial charge on any atom is 0.146 e. The Labute approximate surface area is 80.2 Å². The van der Waals surface area contributed by atoms with Gasteiger partial charge in [0, 0.05) is 0 Å². The zero-order chi connectivity index (χ0) is 9.47. The van der Waals surface area contributed by atoms with Gasteiger partial charge >= 0.3 is 0 Å². The van der Waals surface area contributed by atoms with E-state index in [-0.39, 0.29) is 0 Å². The molecule has 3 aliphatic carbocycles. The summed E-state index contributed by atoms with van der Waals surface area (Å²) in [5.74, 6) is 1.36. The SMILES string of the molecule is CC[C@@]12C=C(C=O)[C@@H](CC1)C[C@H]2C. The third kappa shape index (κ3) is 1.17. The van der Waals surface area contributed by atoms with Crippen LogP contribution in [-0.2, 0) is 4.79 Å². The summed E-state index contributed by atoms with van der Waals surface area (Å²) in [5, 5.41) is 0. The topological polar surface area (TPSA) is 17.1 Å². The second-order valence-corrected chi connectivity index (χ2v) is 4.72. The molecule has 1 fully saturated rings. The molecule has 0 aromatic carbocycles. The molecule has 0 heterocycles. The van der Waals surface area contributed by atoms with E-state index in [0.717, 1.165) is 17.8 Å². The van der Waals surface area contributed by atoms with Crippen LogP contribution in [0.3, 0.4) is 0 Å². The minimum atomic E-state index is 0.366. The molecule has 1 heteroatoms. The summed E-state index contributed by atoms with van der Waals surface area (Å²) >= 11 is 0. The summed E-state index contributed by atoms with van der Waals surface area (Å²) in [4.78, 5) is 10.8. The second-order valence-electron chi connectivity index (χ2n) is 4.72. The molecule has 72 valence electrons. The number of rotatable bonds is 2. The summed E-state index contributed by atoms with van der Waals surface area (Å²) in [6.45, 7) is 4.59. The average Bonchev–Trinajstić information content (AvgIpc) is 2.19. The molecular formula is C12H18O. The molecule has 1 saturated carbocycles. The van der Waals surface area contributed by atoms with Crippen molar-refractivity contribution in [2.75, 3.05) is 0 Å². The number of allylic oxidation sites excluding steroid dienone is 2. The number of aldehydes is 1. The van der Waals surface area contributed by atoms with Crippen LogP contribution in [0.2, 0.25) is 0 Å². The summed E-state index contributed by atoms with van der Waals surface area (Å²) in [7, 11) is 0. The number of carbonyl (C=O) groups excluding carboxylic acids is 1. The highest BCUT2D eigenvalue weighted by atomic mass is 16.1. The lowest BCUT2D eigenvalue weighted by Gasteiger charge is -2.48. The zero-order valence-corrected chi connectivity index (χ0v) is 8.55. The summed E-state index contributed by atoms with van der Waals surface area (Å²) in [5.41, 5.74) is 1.46. The molecular weight excluding hydrogens is 160 g/mol. The Morgan fingerprint density at radius 3 is 3.00 bits per heavy atom. The first-order chi connectivity index (χ1) is 6.22. The van der Waals surface area contributed by atoms with Gasteiger partial charge < -0.3 is 0 Å². The van der Waals surface area contributed by atoms with Crippen LogP contribution in [-0.4, -0.2) is 6.29 Å². The predicted octanol–water partition coefficient (Wildman–Crippen LogP) is 2.96. The molecule has 0 radical (unpaired) electrons. The zero-order valence-electron chi connectivity index (χ0n) is 8.55. The second kappa shape index (κ2) is 2.97.